The Balaban J connectivity index is 1.37. The van der Waals surface area contributed by atoms with Gasteiger partial charge in [-0.15, -0.1) is 0 Å². The average Bonchev–Trinajstić information content (AvgIpc) is 3.11. The van der Waals surface area contributed by atoms with Crippen molar-refractivity contribution in [2.24, 2.45) is 0 Å². The van der Waals surface area contributed by atoms with Crippen molar-refractivity contribution in [3.05, 3.63) is 88.5 Å². The summed E-state index contributed by atoms with van der Waals surface area (Å²) in [5.74, 6) is -1.64. The molecule has 0 spiro atoms. The zero-order valence-electron chi connectivity index (χ0n) is 17.1. The Bertz CT molecular complexity index is 1200. The zero-order chi connectivity index (χ0) is 23.4. The van der Waals surface area contributed by atoms with Crippen LogP contribution < -0.4 is 4.90 Å². The molecular formula is C24H17BrN2O5S. The number of hydrogen-bond acceptors (Lipinski definition) is 7. The third-order valence-electron chi connectivity index (χ3n) is 4.87. The predicted octanol–water partition coefficient (Wildman–Crippen LogP) is 4.31. The Hall–Kier alpha value is -3.30. The normalized spacial score (nSPS) is 15.5. The van der Waals surface area contributed by atoms with Crippen molar-refractivity contribution in [2.75, 3.05) is 11.5 Å². The van der Waals surface area contributed by atoms with Crippen molar-refractivity contribution >= 4 is 56.9 Å². The SMILES string of the molecule is O=C(COC(=O)c1ccc(N2C(=O)CC(Sc3ccccn3)C2=O)cc1)c1ccc(Br)cc1. The molecule has 1 aromatic heterocycles. The molecule has 1 aliphatic heterocycles. The first-order chi connectivity index (χ1) is 15.9. The van der Waals surface area contributed by atoms with Gasteiger partial charge in [-0.1, -0.05) is 45.9 Å². The fourth-order valence-electron chi connectivity index (χ4n) is 3.21. The van der Waals surface area contributed by atoms with Crippen LogP contribution in [0.4, 0.5) is 5.69 Å². The van der Waals surface area contributed by atoms with Crippen molar-refractivity contribution in [3.8, 4) is 0 Å². The van der Waals surface area contributed by atoms with Crippen LogP contribution >= 0.6 is 27.7 Å². The summed E-state index contributed by atoms with van der Waals surface area (Å²) in [6.07, 6.45) is 1.70. The van der Waals surface area contributed by atoms with Gasteiger partial charge in [0.2, 0.25) is 11.8 Å². The average molecular weight is 525 g/mol. The van der Waals surface area contributed by atoms with E-state index in [1.165, 1.54) is 36.0 Å². The van der Waals surface area contributed by atoms with Gasteiger partial charge in [0.05, 0.1) is 21.5 Å². The van der Waals surface area contributed by atoms with Crippen LogP contribution in [0.5, 0.6) is 0 Å². The minimum Gasteiger partial charge on any atom is -0.454 e. The van der Waals surface area contributed by atoms with E-state index in [9.17, 15) is 19.2 Å². The van der Waals surface area contributed by atoms with Gasteiger partial charge in [-0.05, 0) is 48.5 Å². The van der Waals surface area contributed by atoms with E-state index in [1.807, 2.05) is 6.07 Å². The lowest BCUT2D eigenvalue weighted by Crippen LogP contribution is -2.31. The number of aromatic nitrogens is 1. The number of nitrogens with zero attached hydrogens (tertiary/aromatic N) is 2. The van der Waals surface area contributed by atoms with Crippen LogP contribution in [-0.4, -0.2) is 40.4 Å². The molecule has 2 amide bonds. The zero-order valence-corrected chi connectivity index (χ0v) is 19.5. The summed E-state index contributed by atoms with van der Waals surface area (Å²) in [5, 5.41) is 0.114. The molecular weight excluding hydrogens is 508 g/mol. The maximum absolute atomic E-state index is 12.8. The first-order valence-electron chi connectivity index (χ1n) is 9.93. The Kier molecular flexibility index (Phi) is 7.00. The van der Waals surface area contributed by atoms with Crippen LogP contribution in [0.25, 0.3) is 0 Å². The summed E-state index contributed by atoms with van der Waals surface area (Å²) < 4.78 is 5.95. The number of carbonyl (C=O) groups excluding carboxylic acids is 4. The Morgan fingerprint density at radius 1 is 1.00 bits per heavy atom. The van der Waals surface area contributed by atoms with Gasteiger partial charge in [0, 0.05) is 22.7 Å². The van der Waals surface area contributed by atoms with Gasteiger partial charge in [0.15, 0.2) is 12.4 Å². The fraction of sp³-hybridized carbons (Fsp3) is 0.125. The lowest BCUT2D eigenvalue weighted by molar-refractivity contribution is -0.121. The molecule has 0 saturated carbocycles. The van der Waals surface area contributed by atoms with Crippen molar-refractivity contribution in [1.82, 2.24) is 4.98 Å². The molecule has 7 nitrogen and oxygen atoms in total. The van der Waals surface area contributed by atoms with E-state index >= 15 is 0 Å². The molecule has 0 bridgehead atoms. The number of ether oxygens (including phenoxy) is 1. The lowest BCUT2D eigenvalue weighted by atomic mass is 10.1. The predicted molar refractivity (Wildman–Crippen MR) is 126 cm³/mol. The number of carbonyl (C=O) groups is 4. The number of halogens is 1. The van der Waals surface area contributed by atoms with Crippen LogP contribution in [0.1, 0.15) is 27.1 Å². The molecule has 0 aliphatic carbocycles. The fourth-order valence-corrected chi connectivity index (χ4v) is 4.48. The van der Waals surface area contributed by atoms with Crippen LogP contribution in [0.3, 0.4) is 0 Å². The van der Waals surface area contributed by atoms with Gasteiger partial charge in [0.25, 0.3) is 0 Å². The van der Waals surface area contributed by atoms with Gasteiger partial charge < -0.3 is 4.74 Å². The second kappa shape index (κ2) is 10.1. The molecule has 1 atom stereocenters. The number of anilines is 1. The number of benzene rings is 2. The number of rotatable bonds is 7. The smallest absolute Gasteiger partial charge is 0.338 e. The monoisotopic (exact) mass is 524 g/mol. The number of esters is 1. The van der Waals surface area contributed by atoms with E-state index < -0.39 is 17.8 Å². The number of pyridine rings is 1. The van der Waals surface area contributed by atoms with Crippen molar-refractivity contribution in [1.29, 1.82) is 0 Å². The van der Waals surface area contributed by atoms with Crippen molar-refractivity contribution in [2.45, 2.75) is 16.7 Å². The van der Waals surface area contributed by atoms with Gasteiger partial charge in [-0.3, -0.25) is 14.4 Å². The standard InChI is InChI=1S/C24H17BrN2O5S/c25-17-8-4-15(5-9-17)19(28)14-32-24(31)16-6-10-18(11-7-16)27-22(29)13-20(23(27)30)33-21-3-1-2-12-26-21/h1-12,20H,13-14H2. The number of amides is 2. The first-order valence-corrected chi connectivity index (χ1v) is 11.6. The maximum Gasteiger partial charge on any atom is 0.338 e. The summed E-state index contributed by atoms with van der Waals surface area (Å²) >= 11 is 4.54. The van der Waals surface area contributed by atoms with Gasteiger partial charge in [0.1, 0.15) is 0 Å². The molecule has 1 aliphatic rings. The van der Waals surface area contributed by atoms with Crippen LogP contribution in [0.2, 0.25) is 0 Å². The van der Waals surface area contributed by atoms with Crippen LogP contribution in [-0.2, 0) is 14.3 Å². The molecule has 3 aromatic rings. The van der Waals surface area contributed by atoms with E-state index in [0.717, 1.165) is 9.37 Å². The molecule has 1 fully saturated rings. The van der Waals surface area contributed by atoms with E-state index in [4.69, 9.17) is 4.74 Å². The molecule has 2 heterocycles. The summed E-state index contributed by atoms with van der Waals surface area (Å²) in [7, 11) is 0. The number of Topliss-reactive ketones (excluding diaryl/α,β-unsaturated/α-hetero) is 1. The molecule has 9 heteroatoms. The lowest BCUT2D eigenvalue weighted by Gasteiger charge is -2.15. The highest BCUT2D eigenvalue weighted by atomic mass is 79.9. The Morgan fingerprint density at radius 3 is 2.36 bits per heavy atom. The topological polar surface area (TPSA) is 93.6 Å². The minimum absolute atomic E-state index is 0.0715. The first kappa shape index (κ1) is 22.9. The summed E-state index contributed by atoms with van der Waals surface area (Å²) in [6.45, 7) is -0.391. The van der Waals surface area contributed by atoms with Crippen LogP contribution in [0.15, 0.2) is 82.4 Å². The Morgan fingerprint density at radius 2 is 1.70 bits per heavy atom. The molecule has 166 valence electrons. The molecule has 0 N–H and O–H groups in total. The number of imide groups is 1. The quantitative estimate of drug-likeness (QED) is 0.258. The van der Waals surface area contributed by atoms with Gasteiger partial charge in [-0.2, -0.15) is 0 Å². The van der Waals surface area contributed by atoms with E-state index in [1.54, 1.807) is 42.6 Å². The maximum atomic E-state index is 12.8. The van der Waals surface area contributed by atoms with E-state index in [2.05, 4.69) is 20.9 Å². The summed E-state index contributed by atoms with van der Waals surface area (Å²) in [5.41, 5.74) is 1.02. The highest BCUT2D eigenvalue weighted by molar-refractivity contribution is 9.10. The highest BCUT2D eigenvalue weighted by Gasteiger charge is 2.40. The third-order valence-corrected chi connectivity index (χ3v) is 6.53. The van der Waals surface area contributed by atoms with Gasteiger partial charge >= 0.3 is 5.97 Å². The van der Waals surface area contributed by atoms with Crippen molar-refractivity contribution < 1.29 is 23.9 Å². The minimum atomic E-state index is -0.672. The summed E-state index contributed by atoms with van der Waals surface area (Å²) in [4.78, 5) is 55.1. The number of thioether (sulfide) groups is 1. The Labute approximate surface area is 202 Å². The molecule has 4 rings (SSSR count). The van der Waals surface area contributed by atoms with Crippen molar-refractivity contribution in [3.63, 3.8) is 0 Å². The van der Waals surface area contributed by atoms with Gasteiger partial charge in [-0.25, -0.2) is 14.7 Å². The molecule has 1 unspecified atom stereocenters. The number of ketones is 1. The molecule has 1 saturated heterocycles. The second-order valence-electron chi connectivity index (χ2n) is 7.10. The third kappa shape index (κ3) is 5.37. The summed E-state index contributed by atoms with van der Waals surface area (Å²) in [6, 6.07) is 18.1. The molecule has 33 heavy (non-hydrogen) atoms. The largest absolute Gasteiger partial charge is 0.454 e. The molecule has 0 radical (unpaired) electrons. The van der Waals surface area contributed by atoms with E-state index in [-0.39, 0.29) is 29.6 Å². The number of hydrogen-bond donors (Lipinski definition) is 0. The van der Waals surface area contributed by atoms with E-state index in [0.29, 0.717) is 16.3 Å². The molecule has 2 aromatic carbocycles. The highest BCUT2D eigenvalue weighted by Crippen LogP contribution is 2.33. The van der Waals surface area contributed by atoms with Crippen LogP contribution in [0, 0.1) is 0 Å². The second-order valence-corrected chi connectivity index (χ2v) is 9.24.